The van der Waals surface area contributed by atoms with Gasteiger partial charge in [0, 0.05) is 11.0 Å². The standard InChI is InChI=1S/C14H15BrN2/c1-11-9-12(2)17(16-11)14-7-3-5-13(10-14)6-4-8-15/h3-7,9-10H,8H2,1-2H3. The Labute approximate surface area is 110 Å². The number of aromatic nitrogens is 2. The Bertz CT molecular complexity index is 541. The van der Waals surface area contributed by atoms with Crippen LogP contribution in [0.3, 0.4) is 0 Å². The van der Waals surface area contributed by atoms with E-state index in [0.717, 1.165) is 22.4 Å². The van der Waals surface area contributed by atoms with E-state index >= 15 is 0 Å². The fourth-order valence-electron chi connectivity index (χ4n) is 1.83. The van der Waals surface area contributed by atoms with Crippen LogP contribution in [0, 0.1) is 13.8 Å². The highest BCUT2D eigenvalue weighted by Gasteiger charge is 2.03. The molecule has 3 heteroatoms. The van der Waals surface area contributed by atoms with Crippen LogP contribution in [-0.4, -0.2) is 15.1 Å². The fraction of sp³-hybridized carbons (Fsp3) is 0.214. The predicted octanol–water partition coefficient (Wildman–Crippen LogP) is 3.90. The van der Waals surface area contributed by atoms with Crippen LogP contribution in [0.25, 0.3) is 11.8 Å². The van der Waals surface area contributed by atoms with Crippen molar-refractivity contribution in [2.24, 2.45) is 0 Å². The van der Waals surface area contributed by atoms with Crippen molar-refractivity contribution >= 4 is 22.0 Å². The van der Waals surface area contributed by atoms with Crippen LogP contribution in [0.5, 0.6) is 0 Å². The second-order valence-corrected chi connectivity index (χ2v) is 4.64. The van der Waals surface area contributed by atoms with Crippen molar-refractivity contribution in [3.63, 3.8) is 0 Å². The molecule has 0 unspecified atom stereocenters. The molecule has 2 nitrogen and oxygen atoms in total. The topological polar surface area (TPSA) is 17.8 Å². The highest BCUT2D eigenvalue weighted by molar-refractivity contribution is 9.09. The monoisotopic (exact) mass is 290 g/mol. The van der Waals surface area contributed by atoms with Gasteiger partial charge in [-0.15, -0.1) is 0 Å². The van der Waals surface area contributed by atoms with Crippen molar-refractivity contribution in [2.45, 2.75) is 13.8 Å². The van der Waals surface area contributed by atoms with Gasteiger partial charge in [-0.25, -0.2) is 4.68 Å². The van der Waals surface area contributed by atoms with Crippen LogP contribution >= 0.6 is 15.9 Å². The molecule has 0 saturated heterocycles. The van der Waals surface area contributed by atoms with E-state index in [1.165, 1.54) is 5.56 Å². The molecule has 1 aromatic carbocycles. The van der Waals surface area contributed by atoms with E-state index in [1.54, 1.807) is 0 Å². The third kappa shape index (κ3) is 2.86. The molecule has 1 aromatic heterocycles. The molecule has 0 bridgehead atoms. The summed E-state index contributed by atoms with van der Waals surface area (Å²) in [6.45, 7) is 4.08. The molecule has 0 aliphatic heterocycles. The number of rotatable bonds is 3. The summed E-state index contributed by atoms with van der Waals surface area (Å²) in [4.78, 5) is 0. The molecule has 88 valence electrons. The number of aryl methyl sites for hydroxylation is 2. The molecule has 0 spiro atoms. The van der Waals surface area contributed by atoms with Crippen molar-refractivity contribution in [3.05, 3.63) is 53.4 Å². The maximum Gasteiger partial charge on any atom is 0.0654 e. The van der Waals surface area contributed by atoms with Crippen molar-refractivity contribution in [3.8, 4) is 5.69 Å². The van der Waals surface area contributed by atoms with E-state index < -0.39 is 0 Å². The van der Waals surface area contributed by atoms with E-state index in [2.05, 4.69) is 70.4 Å². The summed E-state index contributed by atoms with van der Waals surface area (Å²) in [5.74, 6) is 0. The quantitative estimate of drug-likeness (QED) is 0.784. The summed E-state index contributed by atoms with van der Waals surface area (Å²) in [7, 11) is 0. The molecule has 0 radical (unpaired) electrons. The van der Waals surface area contributed by atoms with Crippen LogP contribution in [0.15, 0.2) is 36.4 Å². The molecule has 2 rings (SSSR count). The zero-order valence-electron chi connectivity index (χ0n) is 10.0. The Hall–Kier alpha value is -1.35. The lowest BCUT2D eigenvalue weighted by molar-refractivity contribution is 0.833. The summed E-state index contributed by atoms with van der Waals surface area (Å²) in [5.41, 5.74) is 4.50. The average Bonchev–Trinajstić information content (AvgIpc) is 2.66. The van der Waals surface area contributed by atoms with Crippen LogP contribution in [-0.2, 0) is 0 Å². The molecular formula is C14H15BrN2. The minimum absolute atomic E-state index is 0.872. The molecule has 0 atom stereocenters. The zero-order chi connectivity index (χ0) is 12.3. The average molecular weight is 291 g/mol. The lowest BCUT2D eigenvalue weighted by Gasteiger charge is -2.05. The summed E-state index contributed by atoms with van der Waals surface area (Å²) in [5, 5.41) is 5.36. The maximum atomic E-state index is 4.49. The fourth-order valence-corrected chi connectivity index (χ4v) is 2.02. The van der Waals surface area contributed by atoms with Gasteiger partial charge in [-0.3, -0.25) is 0 Å². The van der Waals surface area contributed by atoms with Crippen molar-refractivity contribution in [1.29, 1.82) is 0 Å². The number of hydrogen-bond acceptors (Lipinski definition) is 1. The molecule has 0 aliphatic carbocycles. The van der Waals surface area contributed by atoms with E-state index in [0.29, 0.717) is 0 Å². The highest BCUT2D eigenvalue weighted by Crippen LogP contribution is 2.14. The van der Waals surface area contributed by atoms with Gasteiger partial charge in [0.2, 0.25) is 0 Å². The number of halogens is 1. The molecule has 2 aromatic rings. The Balaban J connectivity index is 2.39. The van der Waals surface area contributed by atoms with Gasteiger partial charge in [0.15, 0.2) is 0 Å². The molecule has 0 saturated carbocycles. The Morgan fingerprint density at radius 1 is 1.29 bits per heavy atom. The zero-order valence-corrected chi connectivity index (χ0v) is 11.6. The van der Waals surface area contributed by atoms with E-state index in [9.17, 15) is 0 Å². The molecule has 1 heterocycles. The first kappa shape index (κ1) is 12.1. The summed E-state index contributed by atoms with van der Waals surface area (Å²) in [6.07, 6.45) is 4.18. The van der Waals surface area contributed by atoms with Crippen LogP contribution < -0.4 is 0 Å². The van der Waals surface area contributed by atoms with Gasteiger partial charge in [0.25, 0.3) is 0 Å². The van der Waals surface area contributed by atoms with Gasteiger partial charge >= 0.3 is 0 Å². The molecule has 0 fully saturated rings. The molecule has 17 heavy (non-hydrogen) atoms. The van der Waals surface area contributed by atoms with E-state index in [-0.39, 0.29) is 0 Å². The smallest absolute Gasteiger partial charge is 0.0654 e. The van der Waals surface area contributed by atoms with Crippen LogP contribution in [0.4, 0.5) is 0 Å². The summed E-state index contributed by atoms with van der Waals surface area (Å²) in [6, 6.07) is 10.4. The predicted molar refractivity (Wildman–Crippen MR) is 75.9 cm³/mol. The molecular weight excluding hydrogens is 276 g/mol. The van der Waals surface area contributed by atoms with Gasteiger partial charge in [0.1, 0.15) is 0 Å². The van der Waals surface area contributed by atoms with Crippen molar-refractivity contribution < 1.29 is 0 Å². The number of allylic oxidation sites excluding steroid dienone is 1. The first-order valence-electron chi connectivity index (χ1n) is 5.57. The second-order valence-electron chi connectivity index (χ2n) is 3.99. The summed E-state index contributed by atoms with van der Waals surface area (Å²) < 4.78 is 1.97. The molecule has 0 aliphatic rings. The van der Waals surface area contributed by atoms with Crippen LogP contribution in [0.1, 0.15) is 17.0 Å². The highest BCUT2D eigenvalue weighted by atomic mass is 79.9. The number of nitrogens with zero attached hydrogens (tertiary/aromatic N) is 2. The third-order valence-corrected chi connectivity index (χ3v) is 2.90. The minimum atomic E-state index is 0.872. The van der Waals surface area contributed by atoms with Gasteiger partial charge in [-0.05, 0) is 37.6 Å². The van der Waals surface area contributed by atoms with Crippen molar-refractivity contribution in [1.82, 2.24) is 9.78 Å². The third-order valence-electron chi connectivity index (χ3n) is 2.52. The lowest BCUT2D eigenvalue weighted by Crippen LogP contribution is -1.98. The van der Waals surface area contributed by atoms with Crippen LogP contribution in [0.2, 0.25) is 0 Å². The van der Waals surface area contributed by atoms with E-state index in [1.807, 2.05) is 11.6 Å². The normalized spacial score (nSPS) is 11.2. The maximum absolute atomic E-state index is 4.49. The second kappa shape index (κ2) is 5.32. The Morgan fingerprint density at radius 2 is 2.12 bits per heavy atom. The van der Waals surface area contributed by atoms with Gasteiger partial charge in [-0.2, -0.15) is 5.10 Å². The summed E-state index contributed by atoms with van der Waals surface area (Å²) >= 11 is 3.38. The number of benzene rings is 1. The first-order valence-corrected chi connectivity index (χ1v) is 6.69. The largest absolute Gasteiger partial charge is 0.238 e. The Kier molecular flexibility index (Phi) is 3.79. The van der Waals surface area contributed by atoms with Gasteiger partial charge in [-0.1, -0.05) is 40.2 Å². The number of hydrogen-bond donors (Lipinski definition) is 0. The molecule has 0 amide bonds. The SMILES string of the molecule is Cc1cc(C)n(-c2cccc(C=CCBr)c2)n1. The Morgan fingerprint density at radius 3 is 2.76 bits per heavy atom. The van der Waals surface area contributed by atoms with Crippen molar-refractivity contribution in [2.75, 3.05) is 5.33 Å². The number of alkyl halides is 1. The van der Waals surface area contributed by atoms with Gasteiger partial charge in [0.05, 0.1) is 11.4 Å². The first-order chi connectivity index (χ1) is 8.20. The van der Waals surface area contributed by atoms with Gasteiger partial charge < -0.3 is 0 Å². The van der Waals surface area contributed by atoms with E-state index in [4.69, 9.17) is 0 Å². The minimum Gasteiger partial charge on any atom is -0.238 e. The lowest BCUT2D eigenvalue weighted by atomic mass is 10.2. The molecule has 0 N–H and O–H groups in total.